The third-order valence-corrected chi connectivity index (χ3v) is 1.45. The molecule has 0 aliphatic carbocycles. The first-order chi connectivity index (χ1) is 5.43. The fourth-order valence-corrected chi connectivity index (χ4v) is 0.891. The molecule has 1 rings (SSSR count). The minimum atomic E-state index is 0.591. The van der Waals surface area contributed by atoms with Gasteiger partial charge < -0.3 is 0 Å². The molecular formula is C9H10NO. The topological polar surface area (TPSA) is 31.2 Å². The van der Waals surface area contributed by atoms with Crippen molar-refractivity contribution in [3.63, 3.8) is 0 Å². The van der Waals surface area contributed by atoms with Gasteiger partial charge in [-0.3, -0.25) is 10.1 Å². The number of hydrogen-bond donors (Lipinski definition) is 0. The average molecular weight is 148 g/mol. The lowest BCUT2D eigenvalue weighted by atomic mass is 10.2. The highest BCUT2D eigenvalue weighted by Gasteiger charge is 1.89. The van der Waals surface area contributed by atoms with E-state index in [0.717, 1.165) is 6.42 Å². The van der Waals surface area contributed by atoms with Crippen molar-refractivity contribution < 1.29 is 4.79 Å². The van der Waals surface area contributed by atoms with E-state index in [0.29, 0.717) is 13.0 Å². The highest BCUT2D eigenvalue weighted by molar-refractivity contribution is 5.45. The SMILES string of the molecule is O=C[N]CCc1ccccc1. The van der Waals surface area contributed by atoms with Crippen LogP contribution in [0.25, 0.3) is 0 Å². The molecule has 0 bridgehead atoms. The molecule has 0 N–H and O–H groups in total. The van der Waals surface area contributed by atoms with Crippen LogP contribution >= 0.6 is 0 Å². The molecule has 0 atom stereocenters. The summed E-state index contributed by atoms with van der Waals surface area (Å²) in [7, 11) is 0. The van der Waals surface area contributed by atoms with Crippen LogP contribution in [0.15, 0.2) is 30.3 Å². The molecule has 0 aliphatic heterocycles. The Morgan fingerprint density at radius 1 is 1.27 bits per heavy atom. The summed E-state index contributed by atoms with van der Waals surface area (Å²) < 4.78 is 0. The second kappa shape index (κ2) is 4.50. The molecule has 1 radical (unpaired) electrons. The number of amides is 1. The maximum atomic E-state index is 9.83. The minimum Gasteiger partial charge on any atom is -0.277 e. The van der Waals surface area contributed by atoms with Gasteiger partial charge in [-0.05, 0) is 12.0 Å². The summed E-state index contributed by atoms with van der Waals surface area (Å²) in [5.74, 6) is 0. The number of benzene rings is 1. The molecule has 1 amide bonds. The number of nitrogens with zero attached hydrogens (tertiary/aromatic N) is 1. The summed E-state index contributed by atoms with van der Waals surface area (Å²) in [5.41, 5.74) is 1.22. The molecular weight excluding hydrogens is 138 g/mol. The van der Waals surface area contributed by atoms with E-state index in [1.54, 1.807) is 0 Å². The average Bonchev–Trinajstić information content (AvgIpc) is 2.07. The van der Waals surface area contributed by atoms with Gasteiger partial charge in [-0.2, -0.15) is 0 Å². The van der Waals surface area contributed by atoms with Crippen LogP contribution in [-0.2, 0) is 11.2 Å². The van der Waals surface area contributed by atoms with Crippen molar-refractivity contribution in [2.24, 2.45) is 0 Å². The molecule has 11 heavy (non-hydrogen) atoms. The zero-order valence-electron chi connectivity index (χ0n) is 6.23. The number of carbonyl (C=O) groups excluding carboxylic acids is 1. The first-order valence-electron chi connectivity index (χ1n) is 3.57. The highest BCUT2D eigenvalue weighted by atomic mass is 16.1. The Balaban J connectivity index is 2.33. The second-order valence-electron chi connectivity index (χ2n) is 2.25. The fraction of sp³-hybridized carbons (Fsp3) is 0.222. The van der Waals surface area contributed by atoms with Crippen molar-refractivity contribution in [2.75, 3.05) is 6.54 Å². The van der Waals surface area contributed by atoms with Crippen molar-refractivity contribution in [1.82, 2.24) is 5.32 Å². The third-order valence-electron chi connectivity index (χ3n) is 1.45. The van der Waals surface area contributed by atoms with E-state index in [4.69, 9.17) is 0 Å². The molecule has 2 nitrogen and oxygen atoms in total. The Kier molecular flexibility index (Phi) is 3.19. The first-order valence-corrected chi connectivity index (χ1v) is 3.57. The first kappa shape index (κ1) is 7.79. The van der Waals surface area contributed by atoms with E-state index in [1.165, 1.54) is 5.56 Å². The summed E-state index contributed by atoms with van der Waals surface area (Å²) in [4.78, 5) is 9.83. The van der Waals surface area contributed by atoms with E-state index in [2.05, 4.69) is 5.32 Å². The minimum absolute atomic E-state index is 0.591. The number of rotatable bonds is 4. The largest absolute Gasteiger partial charge is 0.277 e. The Morgan fingerprint density at radius 3 is 2.64 bits per heavy atom. The zero-order valence-corrected chi connectivity index (χ0v) is 6.23. The molecule has 2 heteroatoms. The fourth-order valence-electron chi connectivity index (χ4n) is 0.891. The molecule has 0 saturated carbocycles. The summed E-state index contributed by atoms with van der Waals surface area (Å²) in [5, 5.41) is 3.59. The van der Waals surface area contributed by atoms with Crippen LogP contribution in [-0.4, -0.2) is 13.0 Å². The Hall–Kier alpha value is -1.31. The van der Waals surface area contributed by atoms with Crippen LogP contribution in [0.1, 0.15) is 5.56 Å². The van der Waals surface area contributed by atoms with Gasteiger partial charge in [0.2, 0.25) is 6.41 Å². The van der Waals surface area contributed by atoms with E-state index in [9.17, 15) is 4.79 Å². The smallest absolute Gasteiger partial charge is 0.228 e. The van der Waals surface area contributed by atoms with E-state index >= 15 is 0 Å². The molecule has 0 aromatic heterocycles. The van der Waals surface area contributed by atoms with Crippen LogP contribution < -0.4 is 5.32 Å². The highest BCUT2D eigenvalue weighted by Crippen LogP contribution is 1.97. The van der Waals surface area contributed by atoms with Gasteiger partial charge in [-0.15, -0.1) is 0 Å². The van der Waals surface area contributed by atoms with Gasteiger partial charge in [0.05, 0.1) is 0 Å². The van der Waals surface area contributed by atoms with Gasteiger partial charge >= 0.3 is 0 Å². The van der Waals surface area contributed by atoms with Crippen molar-refractivity contribution in [3.05, 3.63) is 35.9 Å². The maximum Gasteiger partial charge on any atom is 0.228 e. The van der Waals surface area contributed by atoms with Crippen molar-refractivity contribution >= 4 is 6.41 Å². The lowest BCUT2D eigenvalue weighted by molar-refractivity contribution is -0.109. The zero-order chi connectivity index (χ0) is 7.94. The van der Waals surface area contributed by atoms with E-state index in [1.807, 2.05) is 30.3 Å². The van der Waals surface area contributed by atoms with Crippen LogP contribution in [0.4, 0.5) is 0 Å². The van der Waals surface area contributed by atoms with Gasteiger partial charge in [0.25, 0.3) is 0 Å². The van der Waals surface area contributed by atoms with Gasteiger partial charge in [0.15, 0.2) is 0 Å². The summed E-state index contributed by atoms with van der Waals surface area (Å²) >= 11 is 0. The van der Waals surface area contributed by atoms with Crippen molar-refractivity contribution in [1.29, 1.82) is 0 Å². The van der Waals surface area contributed by atoms with E-state index < -0.39 is 0 Å². The Labute approximate surface area is 66.2 Å². The van der Waals surface area contributed by atoms with E-state index in [-0.39, 0.29) is 0 Å². The molecule has 57 valence electrons. The van der Waals surface area contributed by atoms with Gasteiger partial charge in [0.1, 0.15) is 0 Å². The lowest BCUT2D eigenvalue weighted by Gasteiger charge is -1.96. The second-order valence-corrected chi connectivity index (χ2v) is 2.25. The van der Waals surface area contributed by atoms with Gasteiger partial charge in [0, 0.05) is 6.54 Å². The van der Waals surface area contributed by atoms with Gasteiger partial charge in [-0.1, -0.05) is 30.3 Å². The lowest BCUT2D eigenvalue weighted by Crippen LogP contribution is -2.06. The third kappa shape index (κ3) is 2.85. The van der Waals surface area contributed by atoms with Crippen LogP contribution in [0, 0.1) is 0 Å². The normalized spacial score (nSPS) is 9.09. The van der Waals surface area contributed by atoms with Crippen LogP contribution in [0.3, 0.4) is 0 Å². The maximum absolute atomic E-state index is 9.83. The molecule has 0 unspecified atom stereocenters. The Morgan fingerprint density at radius 2 is 2.00 bits per heavy atom. The molecule has 0 saturated heterocycles. The molecule has 1 aromatic carbocycles. The quantitative estimate of drug-likeness (QED) is 0.462. The summed E-state index contributed by atoms with van der Waals surface area (Å²) in [6, 6.07) is 9.99. The van der Waals surface area contributed by atoms with Crippen molar-refractivity contribution in [2.45, 2.75) is 6.42 Å². The molecule has 0 spiro atoms. The standard InChI is InChI=1S/C9H10NO/c11-8-10-7-6-9-4-2-1-3-5-9/h1-5,8H,6-7H2. The number of hydrogen-bond acceptors (Lipinski definition) is 1. The van der Waals surface area contributed by atoms with Crippen LogP contribution in [0.5, 0.6) is 0 Å². The molecule has 0 heterocycles. The monoisotopic (exact) mass is 148 g/mol. The van der Waals surface area contributed by atoms with Gasteiger partial charge in [-0.25, -0.2) is 0 Å². The van der Waals surface area contributed by atoms with Crippen molar-refractivity contribution in [3.8, 4) is 0 Å². The molecule has 1 aromatic rings. The predicted molar refractivity (Wildman–Crippen MR) is 43.2 cm³/mol. The molecule has 0 aliphatic rings. The predicted octanol–water partition coefficient (Wildman–Crippen LogP) is 0.990. The molecule has 0 fully saturated rings. The Bertz CT molecular complexity index is 208. The van der Waals surface area contributed by atoms with Crippen LogP contribution in [0.2, 0.25) is 0 Å². The number of carbonyl (C=O) groups is 1. The summed E-state index contributed by atoms with van der Waals surface area (Å²) in [6.45, 7) is 0.591. The summed E-state index contributed by atoms with van der Waals surface area (Å²) in [6.07, 6.45) is 1.45.